The highest BCUT2D eigenvalue weighted by Gasteiger charge is 2.33. The van der Waals surface area contributed by atoms with Crippen molar-refractivity contribution in [1.82, 2.24) is 9.97 Å². The predicted octanol–water partition coefficient (Wildman–Crippen LogP) is 1.87. The van der Waals surface area contributed by atoms with E-state index in [0.29, 0.717) is 11.6 Å². The van der Waals surface area contributed by atoms with Crippen LogP contribution in [0.15, 0.2) is 36.5 Å². The van der Waals surface area contributed by atoms with Crippen molar-refractivity contribution >= 4 is 11.7 Å². The van der Waals surface area contributed by atoms with E-state index in [9.17, 15) is 4.79 Å². The van der Waals surface area contributed by atoms with Gasteiger partial charge in [0.05, 0.1) is 5.92 Å². The zero-order chi connectivity index (χ0) is 11.8. The van der Waals surface area contributed by atoms with Gasteiger partial charge >= 0.3 is 0 Å². The average molecular weight is 225 g/mol. The van der Waals surface area contributed by atoms with E-state index in [1.165, 1.54) is 0 Å². The molecule has 0 saturated heterocycles. The van der Waals surface area contributed by atoms with Crippen molar-refractivity contribution in [1.29, 1.82) is 0 Å². The van der Waals surface area contributed by atoms with Gasteiger partial charge in [-0.1, -0.05) is 30.3 Å². The second-order valence-electron chi connectivity index (χ2n) is 4.05. The molecule has 0 fully saturated rings. The van der Waals surface area contributed by atoms with E-state index < -0.39 is 0 Å². The van der Waals surface area contributed by atoms with Gasteiger partial charge in [-0.25, -0.2) is 9.97 Å². The Balaban J connectivity index is 2.12. The molecule has 4 nitrogen and oxygen atoms in total. The molecule has 2 heterocycles. The predicted molar refractivity (Wildman–Crippen MR) is 63.7 cm³/mol. The quantitative estimate of drug-likeness (QED) is 0.806. The number of nitrogens with zero attached hydrogens (tertiary/aromatic N) is 2. The van der Waals surface area contributed by atoms with Crippen LogP contribution < -0.4 is 5.32 Å². The van der Waals surface area contributed by atoms with Crippen molar-refractivity contribution in [3.63, 3.8) is 0 Å². The fourth-order valence-corrected chi connectivity index (χ4v) is 2.10. The lowest BCUT2D eigenvalue weighted by atomic mass is 9.95. The second kappa shape index (κ2) is 3.66. The zero-order valence-corrected chi connectivity index (χ0v) is 9.34. The van der Waals surface area contributed by atoms with Gasteiger partial charge in [-0.2, -0.15) is 0 Å². The van der Waals surface area contributed by atoms with Crippen LogP contribution in [0.5, 0.6) is 0 Å². The third-order valence-corrected chi connectivity index (χ3v) is 2.89. The number of hydrogen-bond acceptors (Lipinski definition) is 3. The smallest absolute Gasteiger partial charge is 0.237 e. The number of nitrogens with one attached hydrogen (secondary N) is 1. The molecule has 1 aromatic heterocycles. The van der Waals surface area contributed by atoms with Gasteiger partial charge in [0.25, 0.3) is 0 Å². The summed E-state index contributed by atoms with van der Waals surface area (Å²) in [5.74, 6) is 0.979. The summed E-state index contributed by atoms with van der Waals surface area (Å²) in [5.41, 5.74) is 1.82. The molecule has 84 valence electrons. The van der Waals surface area contributed by atoms with Crippen molar-refractivity contribution in [2.24, 2.45) is 0 Å². The van der Waals surface area contributed by atoms with Crippen LogP contribution in [0.3, 0.4) is 0 Å². The topological polar surface area (TPSA) is 54.9 Å². The monoisotopic (exact) mass is 225 g/mol. The molecule has 3 rings (SSSR count). The zero-order valence-electron chi connectivity index (χ0n) is 9.34. The number of aromatic nitrogens is 2. The summed E-state index contributed by atoms with van der Waals surface area (Å²) in [4.78, 5) is 20.4. The van der Waals surface area contributed by atoms with Crippen molar-refractivity contribution in [2.45, 2.75) is 12.8 Å². The molecule has 1 atom stereocenters. The summed E-state index contributed by atoms with van der Waals surface area (Å²) in [6.45, 7) is 1.81. The number of aryl methyl sites for hydroxylation is 1. The maximum Gasteiger partial charge on any atom is 0.237 e. The first kappa shape index (κ1) is 9.96. The normalized spacial score (nSPS) is 17.7. The van der Waals surface area contributed by atoms with Crippen LogP contribution in [0.25, 0.3) is 0 Å². The first-order valence-corrected chi connectivity index (χ1v) is 5.45. The lowest BCUT2D eigenvalue weighted by Gasteiger charge is -2.07. The summed E-state index contributed by atoms with van der Waals surface area (Å²) in [6, 6.07) is 9.67. The maximum absolute atomic E-state index is 12.0. The highest BCUT2D eigenvalue weighted by molar-refractivity contribution is 6.03. The molecule has 0 bridgehead atoms. The van der Waals surface area contributed by atoms with E-state index in [2.05, 4.69) is 15.3 Å². The fraction of sp³-hybridized carbons (Fsp3) is 0.154. The Bertz CT molecular complexity index is 580. The van der Waals surface area contributed by atoms with Gasteiger partial charge in [0.2, 0.25) is 5.91 Å². The number of hydrogen-bond donors (Lipinski definition) is 1. The average Bonchev–Trinajstić information content (AvgIpc) is 2.65. The summed E-state index contributed by atoms with van der Waals surface area (Å²) < 4.78 is 0. The van der Waals surface area contributed by atoms with Gasteiger partial charge in [-0.05, 0) is 12.5 Å². The van der Waals surface area contributed by atoms with Crippen molar-refractivity contribution in [3.8, 4) is 0 Å². The number of fused-ring (bicyclic) bond motifs is 1. The van der Waals surface area contributed by atoms with E-state index in [1.807, 2.05) is 37.3 Å². The molecule has 0 saturated carbocycles. The van der Waals surface area contributed by atoms with Gasteiger partial charge in [0.1, 0.15) is 11.6 Å². The molecule has 0 spiro atoms. The van der Waals surface area contributed by atoms with Crippen LogP contribution in [0.1, 0.15) is 22.9 Å². The standard InChI is InChI=1S/C13H11N3O/c1-8-14-7-10-11(9-5-3-2-4-6-9)13(17)16-12(10)15-8/h2-7,11H,1H3,(H,14,15,16,17). The molecule has 17 heavy (non-hydrogen) atoms. The van der Waals surface area contributed by atoms with Crippen LogP contribution in [0, 0.1) is 6.92 Å². The minimum absolute atomic E-state index is 0.0360. The molecule has 0 aliphatic carbocycles. The van der Waals surface area contributed by atoms with Crippen molar-refractivity contribution < 1.29 is 4.79 Å². The molecule has 1 aliphatic rings. The van der Waals surface area contributed by atoms with Crippen LogP contribution in [-0.4, -0.2) is 15.9 Å². The summed E-state index contributed by atoms with van der Waals surface area (Å²) >= 11 is 0. The van der Waals surface area contributed by atoms with E-state index in [-0.39, 0.29) is 11.8 Å². The molecule has 1 N–H and O–H groups in total. The molecule has 0 radical (unpaired) electrons. The second-order valence-corrected chi connectivity index (χ2v) is 4.05. The molecular formula is C13H11N3O. The highest BCUT2D eigenvalue weighted by atomic mass is 16.2. The fourth-order valence-electron chi connectivity index (χ4n) is 2.10. The molecule has 1 unspecified atom stereocenters. The van der Waals surface area contributed by atoms with Gasteiger partial charge < -0.3 is 5.32 Å². The third-order valence-electron chi connectivity index (χ3n) is 2.89. The summed E-state index contributed by atoms with van der Waals surface area (Å²) in [6.07, 6.45) is 1.73. The number of carbonyl (C=O) groups excluding carboxylic acids is 1. The van der Waals surface area contributed by atoms with Gasteiger partial charge in [-0.3, -0.25) is 4.79 Å². The SMILES string of the molecule is Cc1ncc2c(n1)NC(=O)C2c1ccccc1. The van der Waals surface area contributed by atoms with E-state index in [0.717, 1.165) is 11.1 Å². The number of anilines is 1. The minimum Gasteiger partial charge on any atom is -0.309 e. The molecule has 1 aromatic carbocycles. The Labute approximate surface area is 98.7 Å². The minimum atomic E-state index is -0.285. The Morgan fingerprint density at radius 1 is 1.24 bits per heavy atom. The molecular weight excluding hydrogens is 214 g/mol. The lowest BCUT2D eigenvalue weighted by Crippen LogP contribution is -2.13. The molecule has 2 aromatic rings. The van der Waals surface area contributed by atoms with Crippen LogP contribution >= 0.6 is 0 Å². The number of rotatable bonds is 1. The van der Waals surface area contributed by atoms with Crippen LogP contribution in [0.2, 0.25) is 0 Å². The Hall–Kier alpha value is -2.23. The van der Waals surface area contributed by atoms with E-state index in [1.54, 1.807) is 6.20 Å². The van der Waals surface area contributed by atoms with Crippen molar-refractivity contribution in [2.75, 3.05) is 5.32 Å². The Morgan fingerprint density at radius 2 is 2.00 bits per heavy atom. The summed E-state index contributed by atoms with van der Waals surface area (Å²) in [7, 11) is 0. The van der Waals surface area contributed by atoms with Crippen molar-refractivity contribution in [3.05, 3.63) is 53.5 Å². The lowest BCUT2D eigenvalue weighted by molar-refractivity contribution is -0.116. The van der Waals surface area contributed by atoms with E-state index in [4.69, 9.17) is 0 Å². The molecule has 4 heteroatoms. The highest BCUT2D eigenvalue weighted by Crippen LogP contribution is 2.35. The maximum atomic E-state index is 12.0. The first-order valence-electron chi connectivity index (χ1n) is 5.45. The van der Waals surface area contributed by atoms with Gasteiger partial charge in [0.15, 0.2) is 0 Å². The molecule has 1 amide bonds. The van der Waals surface area contributed by atoms with Crippen LogP contribution in [0.4, 0.5) is 5.82 Å². The third kappa shape index (κ3) is 1.58. The van der Waals surface area contributed by atoms with E-state index >= 15 is 0 Å². The number of benzene rings is 1. The Morgan fingerprint density at radius 3 is 2.76 bits per heavy atom. The summed E-state index contributed by atoms with van der Waals surface area (Å²) in [5, 5.41) is 2.80. The molecule has 1 aliphatic heterocycles. The van der Waals surface area contributed by atoms with Gasteiger partial charge in [-0.15, -0.1) is 0 Å². The first-order chi connectivity index (χ1) is 8.25. The number of carbonyl (C=O) groups is 1. The van der Waals surface area contributed by atoms with Gasteiger partial charge in [0, 0.05) is 11.8 Å². The largest absolute Gasteiger partial charge is 0.309 e. The Kier molecular flexibility index (Phi) is 2.14. The number of amides is 1. The van der Waals surface area contributed by atoms with Crippen LogP contribution in [-0.2, 0) is 4.79 Å².